The number of rotatable bonds is 6. The van der Waals surface area contributed by atoms with Crippen LogP contribution < -0.4 is 5.32 Å². The number of β-amino-alcohol motifs (C(OH)–C–C–N with tert-alkyl or cyclic N) is 1. The van der Waals surface area contributed by atoms with Gasteiger partial charge in [-0.1, -0.05) is 19.1 Å². The topological polar surface area (TPSA) is 35.5 Å². The minimum Gasteiger partial charge on any atom is -0.392 e. The number of halogens is 1. The van der Waals surface area contributed by atoms with Gasteiger partial charge in [0, 0.05) is 25.7 Å². The molecule has 1 aliphatic rings. The molecule has 1 aromatic rings. The molecule has 1 fully saturated rings. The summed E-state index contributed by atoms with van der Waals surface area (Å²) in [6.45, 7) is 5.59. The van der Waals surface area contributed by atoms with Crippen molar-refractivity contribution in [1.82, 2.24) is 10.2 Å². The summed E-state index contributed by atoms with van der Waals surface area (Å²) < 4.78 is 13.3. The van der Waals surface area contributed by atoms with E-state index < -0.39 is 0 Å². The van der Waals surface area contributed by atoms with Crippen molar-refractivity contribution < 1.29 is 9.50 Å². The molecule has 0 amide bonds. The lowest BCUT2D eigenvalue weighted by atomic mass is 10.0. The highest BCUT2D eigenvalue weighted by molar-refractivity contribution is 5.20. The highest BCUT2D eigenvalue weighted by atomic mass is 19.1. The van der Waals surface area contributed by atoms with Crippen LogP contribution in [0, 0.1) is 5.82 Å². The summed E-state index contributed by atoms with van der Waals surface area (Å²) >= 11 is 0. The molecule has 1 heterocycles. The molecule has 0 radical (unpaired) electrons. The van der Waals surface area contributed by atoms with Gasteiger partial charge in [-0.2, -0.15) is 0 Å². The molecule has 2 rings (SSSR count). The van der Waals surface area contributed by atoms with Gasteiger partial charge in [-0.15, -0.1) is 0 Å². The molecule has 106 valence electrons. The van der Waals surface area contributed by atoms with Crippen molar-refractivity contribution in [3.63, 3.8) is 0 Å². The summed E-state index contributed by atoms with van der Waals surface area (Å²) in [5.74, 6) is -0.183. The molecule has 2 N–H and O–H groups in total. The van der Waals surface area contributed by atoms with E-state index in [1.54, 1.807) is 12.1 Å². The number of nitrogens with one attached hydrogen (secondary N) is 1. The Labute approximate surface area is 114 Å². The molecule has 1 saturated heterocycles. The first-order valence-electron chi connectivity index (χ1n) is 7.08. The highest BCUT2D eigenvalue weighted by Crippen LogP contribution is 2.19. The van der Waals surface area contributed by atoms with Gasteiger partial charge in [-0.05, 0) is 37.1 Å². The Morgan fingerprint density at radius 3 is 3.00 bits per heavy atom. The zero-order chi connectivity index (χ0) is 13.7. The predicted octanol–water partition coefficient (Wildman–Crippen LogP) is 1.93. The van der Waals surface area contributed by atoms with E-state index in [-0.39, 0.29) is 18.0 Å². The van der Waals surface area contributed by atoms with Gasteiger partial charge in [0.1, 0.15) is 5.82 Å². The van der Waals surface area contributed by atoms with E-state index in [0.717, 1.165) is 44.6 Å². The average Bonchev–Trinajstić information content (AvgIpc) is 2.80. The Balaban J connectivity index is 1.92. The SMILES string of the molecule is CCNC(CCN1CCC(O)C1)c1cccc(F)c1. The van der Waals surface area contributed by atoms with E-state index in [4.69, 9.17) is 0 Å². The Bertz CT molecular complexity index is 399. The lowest BCUT2D eigenvalue weighted by Crippen LogP contribution is -2.29. The van der Waals surface area contributed by atoms with E-state index in [9.17, 15) is 9.50 Å². The lowest BCUT2D eigenvalue weighted by molar-refractivity contribution is 0.174. The number of hydrogen-bond acceptors (Lipinski definition) is 3. The van der Waals surface area contributed by atoms with Gasteiger partial charge >= 0.3 is 0 Å². The van der Waals surface area contributed by atoms with Crippen LogP contribution in [0.25, 0.3) is 0 Å². The molecule has 19 heavy (non-hydrogen) atoms. The van der Waals surface area contributed by atoms with E-state index in [1.807, 2.05) is 6.07 Å². The third kappa shape index (κ3) is 4.27. The Morgan fingerprint density at radius 2 is 2.37 bits per heavy atom. The van der Waals surface area contributed by atoms with Crippen molar-refractivity contribution in [2.45, 2.75) is 31.9 Å². The van der Waals surface area contributed by atoms with Gasteiger partial charge in [0.05, 0.1) is 6.10 Å². The molecule has 1 aliphatic heterocycles. The average molecular weight is 266 g/mol. The number of benzene rings is 1. The number of nitrogens with zero attached hydrogens (tertiary/aromatic N) is 1. The molecular formula is C15H23FN2O. The van der Waals surface area contributed by atoms with E-state index >= 15 is 0 Å². The second-order valence-corrected chi connectivity index (χ2v) is 5.20. The van der Waals surface area contributed by atoms with E-state index in [1.165, 1.54) is 6.07 Å². The van der Waals surface area contributed by atoms with Crippen LogP contribution in [0.4, 0.5) is 4.39 Å². The van der Waals surface area contributed by atoms with Crippen LogP contribution in [0.15, 0.2) is 24.3 Å². The summed E-state index contributed by atoms with van der Waals surface area (Å²) in [5, 5.41) is 12.9. The van der Waals surface area contributed by atoms with Gasteiger partial charge in [-0.25, -0.2) is 4.39 Å². The molecule has 2 unspecified atom stereocenters. The smallest absolute Gasteiger partial charge is 0.123 e. The van der Waals surface area contributed by atoms with E-state index in [0.29, 0.717) is 0 Å². The van der Waals surface area contributed by atoms with Crippen molar-refractivity contribution in [3.05, 3.63) is 35.6 Å². The van der Waals surface area contributed by atoms with Gasteiger partial charge in [0.2, 0.25) is 0 Å². The molecule has 0 aromatic heterocycles. The summed E-state index contributed by atoms with van der Waals surface area (Å²) in [6.07, 6.45) is 1.63. The number of hydrogen-bond donors (Lipinski definition) is 2. The Morgan fingerprint density at radius 1 is 1.53 bits per heavy atom. The van der Waals surface area contributed by atoms with Gasteiger partial charge in [0.15, 0.2) is 0 Å². The first-order valence-corrected chi connectivity index (χ1v) is 7.08. The number of aliphatic hydroxyl groups excluding tert-OH is 1. The fourth-order valence-electron chi connectivity index (χ4n) is 2.68. The fourth-order valence-corrected chi connectivity index (χ4v) is 2.68. The number of likely N-dealkylation sites (tertiary alicyclic amines) is 1. The summed E-state index contributed by atoms with van der Waals surface area (Å²) in [5.41, 5.74) is 1.00. The Hall–Kier alpha value is -0.970. The predicted molar refractivity (Wildman–Crippen MR) is 74.5 cm³/mol. The van der Waals surface area contributed by atoms with Crippen LogP contribution >= 0.6 is 0 Å². The normalized spacial score (nSPS) is 21.7. The summed E-state index contributed by atoms with van der Waals surface area (Å²) in [7, 11) is 0. The second-order valence-electron chi connectivity index (χ2n) is 5.20. The van der Waals surface area contributed by atoms with Crippen molar-refractivity contribution in [1.29, 1.82) is 0 Å². The van der Waals surface area contributed by atoms with Gasteiger partial charge < -0.3 is 15.3 Å². The largest absolute Gasteiger partial charge is 0.392 e. The van der Waals surface area contributed by atoms with Gasteiger partial charge in [-0.3, -0.25) is 0 Å². The highest BCUT2D eigenvalue weighted by Gasteiger charge is 2.21. The quantitative estimate of drug-likeness (QED) is 0.826. The van der Waals surface area contributed by atoms with E-state index in [2.05, 4.69) is 17.1 Å². The molecule has 0 spiro atoms. The van der Waals surface area contributed by atoms with Crippen LogP contribution in [0.2, 0.25) is 0 Å². The number of aliphatic hydroxyl groups is 1. The molecular weight excluding hydrogens is 243 g/mol. The van der Waals surface area contributed by atoms with Gasteiger partial charge in [0.25, 0.3) is 0 Å². The second kappa shape index (κ2) is 6.98. The Kier molecular flexibility index (Phi) is 5.31. The maximum absolute atomic E-state index is 13.3. The first kappa shape index (κ1) is 14.4. The maximum Gasteiger partial charge on any atom is 0.123 e. The maximum atomic E-state index is 13.3. The third-order valence-electron chi connectivity index (χ3n) is 3.68. The van der Waals surface area contributed by atoms with Crippen LogP contribution in [-0.4, -0.2) is 42.3 Å². The standard InChI is InChI=1S/C15H23FN2O/c1-2-17-15(12-4-3-5-13(16)10-12)7-9-18-8-6-14(19)11-18/h3-5,10,14-15,17,19H,2,6-9,11H2,1H3. The van der Waals surface area contributed by atoms with Crippen LogP contribution in [0.5, 0.6) is 0 Å². The molecule has 2 atom stereocenters. The summed E-state index contributed by atoms with van der Waals surface area (Å²) in [6, 6.07) is 6.98. The lowest BCUT2D eigenvalue weighted by Gasteiger charge is -2.22. The fraction of sp³-hybridized carbons (Fsp3) is 0.600. The zero-order valence-corrected chi connectivity index (χ0v) is 11.5. The van der Waals surface area contributed by atoms with Crippen molar-refractivity contribution >= 4 is 0 Å². The first-order chi connectivity index (χ1) is 9.19. The minimum atomic E-state index is -0.183. The monoisotopic (exact) mass is 266 g/mol. The minimum absolute atomic E-state index is 0.174. The molecule has 0 bridgehead atoms. The zero-order valence-electron chi connectivity index (χ0n) is 11.5. The molecule has 4 heteroatoms. The van der Waals surface area contributed by atoms with Crippen molar-refractivity contribution in [2.24, 2.45) is 0 Å². The van der Waals surface area contributed by atoms with Crippen molar-refractivity contribution in [3.8, 4) is 0 Å². The van der Waals surface area contributed by atoms with Crippen LogP contribution in [-0.2, 0) is 0 Å². The molecule has 0 saturated carbocycles. The summed E-state index contributed by atoms with van der Waals surface area (Å²) in [4.78, 5) is 2.27. The molecule has 1 aromatic carbocycles. The third-order valence-corrected chi connectivity index (χ3v) is 3.68. The molecule has 0 aliphatic carbocycles. The van der Waals surface area contributed by atoms with Crippen LogP contribution in [0.1, 0.15) is 31.4 Å². The van der Waals surface area contributed by atoms with Crippen LogP contribution in [0.3, 0.4) is 0 Å². The molecule has 3 nitrogen and oxygen atoms in total. The van der Waals surface area contributed by atoms with Crippen molar-refractivity contribution in [2.75, 3.05) is 26.2 Å².